The third-order valence-corrected chi connectivity index (χ3v) is 1.32. The second-order valence-corrected chi connectivity index (χ2v) is 3.68. The highest BCUT2D eigenvalue weighted by Crippen LogP contribution is 1.98. The molecule has 0 aromatic heterocycles. The molecular weight excluding hydrogens is 126 g/mol. The molecule has 10 heavy (non-hydrogen) atoms. The van der Waals surface area contributed by atoms with Crippen molar-refractivity contribution in [1.29, 1.82) is 0 Å². The molecule has 0 saturated heterocycles. The van der Waals surface area contributed by atoms with Crippen LogP contribution in [0.4, 0.5) is 0 Å². The second kappa shape index (κ2) is 3.94. The fourth-order valence-electron chi connectivity index (χ4n) is 0.533. The van der Waals surface area contributed by atoms with Crippen LogP contribution in [0.2, 0.25) is 0 Å². The summed E-state index contributed by atoms with van der Waals surface area (Å²) < 4.78 is 5.08. The van der Waals surface area contributed by atoms with Gasteiger partial charge in [0.1, 0.15) is 0 Å². The first-order valence-corrected chi connectivity index (χ1v) is 3.73. The Labute approximate surface area is 64.0 Å². The lowest BCUT2D eigenvalue weighted by molar-refractivity contribution is 0.110. The summed E-state index contributed by atoms with van der Waals surface area (Å²) in [6, 6.07) is 0. The van der Waals surface area contributed by atoms with E-state index in [9.17, 15) is 0 Å². The molecule has 1 unspecified atom stereocenters. The summed E-state index contributed by atoms with van der Waals surface area (Å²) >= 11 is 0. The Hall–Kier alpha value is -0.0800. The van der Waals surface area contributed by atoms with Gasteiger partial charge in [-0.2, -0.15) is 0 Å². The Morgan fingerprint density at radius 1 is 1.40 bits per heavy atom. The maximum absolute atomic E-state index is 5.08. The molecule has 2 heteroatoms. The van der Waals surface area contributed by atoms with Crippen molar-refractivity contribution in [3.63, 3.8) is 0 Å². The van der Waals surface area contributed by atoms with Crippen molar-refractivity contribution in [3.8, 4) is 0 Å². The smallest absolute Gasteiger partial charge is 0.0667 e. The Kier molecular flexibility index (Phi) is 3.91. The predicted octanol–water partition coefficient (Wildman–Crippen LogP) is 1.41. The molecule has 0 bridgehead atoms. The van der Waals surface area contributed by atoms with E-state index in [1.807, 2.05) is 0 Å². The van der Waals surface area contributed by atoms with Crippen LogP contribution < -0.4 is 5.32 Å². The SMILES string of the molecule is COC(C)CNC(C)(C)C. The molecule has 0 fully saturated rings. The number of methoxy groups -OCH3 is 1. The van der Waals surface area contributed by atoms with Crippen molar-refractivity contribution in [2.45, 2.75) is 39.3 Å². The Morgan fingerprint density at radius 2 is 1.90 bits per heavy atom. The summed E-state index contributed by atoms with van der Waals surface area (Å²) in [7, 11) is 1.73. The van der Waals surface area contributed by atoms with E-state index in [-0.39, 0.29) is 5.54 Å². The minimum absolute atomic E-state index is 0.201. The van der Waals surface area contributed by atoms with Gasteiger partial charge in [-0.1, -0.05) is 0 Å². The van der Waals surface area contributed by atoms with E-state index >= 15 is 0 Å². The van der Waals surface area contributed by atoms with Gasteiger partial charge >= 0.3 is 0 Å². The zero-order chi connectivity index (χ0) is 8.20. The number of rotatable bonds is 3. The van der Waals surface area contributed by atoms with E-state index in [1.165, 1.54) is 0 Å². The minimum Gasteiger partial charge on any atom is -0.380 e. The van der Waals surface area contributed by atoms with E-state index in [4.69, 9.17) is 4.74 Å². The topological polar surface area (TPSA) is 21.3 Å². The molecule has 0 aliphatic heterocycles. The summed E-state index contributed by atoms with van der Waals surface area (Å²) in [6.07, 6.45) is 0.305. The fraction of sp³-hybridized carbons (Fsp3) is 1.00. The van der Waals surface area contributed by atoms with Crippen molar-refractivity contribution in [3.05, 3.63) is 0 Å². The van der Waals surface area contributed by atoms with Crippen molar-refractivity contribution >= 4 is 0 Å². The Morgan fingerprint density at radius 3 is 2.20 bits per heavy atom. The van der Waals surface area contributed by atoms with Crippen molar-refractivity contribution in [1.82, 2.24) is 5.32 Å². The van der Waals surface area contributed by atoms with Crippen LogP contribution in [0.1, 0.15) is 27.7 Å². The van der Waals surface area contributed by atoms with Gasteiger partial charge in [-0.25, -0.2) is 0 Å². The molecule has 0 amide bonds. The first kappa shape index (κ1) is 9.92. The molecule has 0 aliphatic rings. The number of hydrogen-bond acceptors (Lipinski definition) is 2. The zero-order valence-electron chi connectivity index (χ0n) is 7.69. The van der Waals surface area contributed by atoms with E-state index in [1.54, 1.807) is 7.11 Å². The summed E-state index contributed by atoms with van der Waals surface area (Å²) in [5.41, 5.74) is 0.201. The van der Waals surface area contributed by atoms with E-state index in [2.05, 4.69) is 33.0 Å². The van der Waals surface area contributed by atoms with Crippen molar-refractivity contribution in [2.24, 2.45) is 0 Å². The van der Waals surface area contributed by atoms with Crippen LogP contribution in [-0.2, 0) is 4.74 Å². The quantitative estimate of drug-likeness (QED) is 0.648. The standard InChI is InChI=1S/C8H19NO/c1-7(10-5)6-9-8(2,3)4/h7,9H,6H2,1-5H3. The molecule has 0 radical (unpaired) electrons. The second-order valence-electron chi connectivity index (χ2n) is 3.68. The molecule has 1 N–H and O–H groups in total. The molecule has 0 spiro atoms. The molecule has 0 aromatic rings. The van der Waals surface area contributed by atoms with Gasteiger partial charge in [0.05, 0.1) is 6.10 Å². The van der Waals surface area contributed by atoms with Gasteiger partial charge in [-0.05, 0) is 27.7 Å². The van der Waals surface area contributed by atoms with Crippen LogP contribution in [0.15, 0.2) is 0 Å². The molecule has 0 saturated carbocycles. The zero-order valence-corrected chi connectivity index (χ0v) is 7.69. The first-order valence-electron chi connectivity index (χ1n) is 3.73. The van der Waals surface area contributed by atoms with E-state index < -0.39 is 0 Å². The third kappa shape index (κ3) is 6.05. The average molecular weight is 145 g/mol. The summed E-state index contributed by atoms with van der Waals surface area (Å²) in [5.74, 6) is 0. The highest BCUT2D eigenvalue weighted by molar-refractivity contribution is 4.71. The van der Waals surface area contributed by atoms with Gasteiger partial charge < -0.3 is 10.1 Å². The molecule has 0 heterocycles. The van der Waals surface area contributed by atoms with Gasteiger partial charge in [0, 0.05) is 19.2 Å². The summed E-state index contributed by atoms with van der Waals surface area (Å²) in [4.78, 5) is 0. The molecule has 2 nitrogen and oxygen atoms in total. The van der Waals surface area contributed by atoms with E-state index in [0.717, 1.165) is 6.54 Å². The normalized spacial score (nSPS) is 15.3. The third-order valence-electron chi connectivity index (χ3n) is 1.32. The summed E-state index contributed by atoms with van der Waals surface area (Å²) in [5, 5.41) is 3.35. The lowest BCUT2D eigenvalue weighted by atomic mass is 10.1. The van der Waals surface area contributed by atoms with Crippen LogP contribution in [0.3, 0.4) is 0 Å². The van der Waals surface area contributed by atoms with E-state index in [0.29, 0.717) is 6.10 Å². The van der Waals surface area contributed by atoms with Crippen LogP contribution in [0.5, 0.6) is 0 Å². The lowest BCUT2D eigenvalue weighted by Gasteiger charge is -2.22. The monoisotopic (exact) mass is 145 g/mol. The van der Waals surface area contributed by atoms with Gasteiger partial charge in [-0.3, -0.25) is 0 Å². The molecule has 1 atom stereocenters. The van der Waals surface area contributed by atoms with Gasteiger partial charge in [0.15, 0.2) is 0 Å². The maximum Gasteiger partial charge on any atom is 0.0667 e. The molecule has 0 rings (SSSR count). The van der Waals surface area contributed by atoms with Crippen LogP contribution in [-0.4, -0.2) is 25.3 Å². The first-order chi connectivity index (χ1) is 4.45. The summed E-state index contributed by atoms with van der Waals surface area (Å²) in [6.45, 7) is 9.42. The lowest BCUT2D eigenvalue weighted by Crippen LogP contribution is -2.40. The fourth-order valence-corrected chi connectivity index (χ4v) is 0.533. The highest BCUT2D eigenvalue weighted by Gasteiger charge is 2.09. The van der Waals surface area contributed by atoms with Crippen LogP contribution >= 0.6 is 0 Å². The Bertz CT molecular complexity index is 85.7. The van der Waals surface area contributed by atoms with Gasteiger partial charge in [-0.15, -0.1) is 0 Å². The Balaban J connectivity index is 3.36. The number of nitrogens with one attached hydrogen (secondary N) is 1. The molecule has 0 aliphatic carbocycles. The average Bonchev–Trinajstić information content (AvgIpc) is 1.81. The van der Waals surface area contributed by atoms with Crippen LogP contribution in [0, 0.1) is 0 Å². The molecular formula is C8H19NO. The highest BCUT2D eigenvalue weighted by atomic mass is 16.5. The molecule has 0 aromatic carbocycles. The van der Waals surface area contributed by atoms with Crippen molar-refractivity contribution in [2.75, 3.05) is 13.7 Å². The number of ether oxygens (including phenoxy) is 1. The largest absolute Gasteiger partial charge is 0.380 e. The van der Waals surface area contributed by atoms with Gasteiger partial charge in [0.25, 0.3) is 0 Å². The number of hydrogen-bond donors (Lipinski definition) is 1. The maximum atomic E-state index is 5.08. The predicted molar refractivity (Wildman–Crippen MR) is 44.2 cm³/mol. The van der Waals surface area contributed by atoms with Crippen LogP contribution in [0.25, 0.3) is 0 Å². The molecule has 62 valence electrons. The minimum atomic E-state index is 0.201. The van der Waals surface area contributed by atoms with Gasteiger partial charge in [0.2, 0.25) is 0 Å². The van der Waals surface area contributed by atoms with Crippen molar-refractivity contribution < 1.29 is 4.74 Å².